The maximum absolute atomic E-state index is 11.8. The van der Waals surface area contributed by atoms with Crippen LogP contribution < -0.4 is 5.32 Å². The van der Waals surface area contributed by atoms with Crippen LogP contribution in [0.15, 0.2) is 0 Å². The van der Waals surface area contributed by atoms with Gasteiger partial charge in [0.2, 0.25) is 5.91 Å². The highest BCUT2D eigenvalue weighted by Gasteiger charge is 2.21. The van der Waals surface area contributed by atoms with Crippen molar-refractivity contribution < 1.29 is 19.1 Å². The van der Waals surface area contributed by atoms with E-state index in [1.807, 2.05) is 13.8 Å². The van der Waals surface area contributed by atoms with Crippen molar-refractivity contribution in [2.75, 3.05) is 59.5 Å². The number of hydrogen-bond donors (Lipinski definition) is 1. The first kappa shape index (κ1) is 18.9. The monoisotopic (exact) mass is 315 g/mol. The van der Waals surface area contributed by atoms with E-state index < -0.39 is 0 Å². The van der Waals surface area contributed by atoms with Crippen molar-refractivity contribution in [3.05, 3.63) is 0 Å². The third-order valence-corrected chi connectivity index (χ3v) is 3.40. The Morgan fingerprint density at radius 1 is 1.09 bits per heavy atom. The molecule has 1 fully saturated rings. The minimum Gasteiger partial charge on any atom is -0.462 e. The molecule has 7 nitrogen and oxygen atoms in total. The molecule has 128 valence electrons. The van der Waals surface area contributed by atoms with Gasteiger partial charge in [-0.05, 0) is 20.3 Å². The number of carbonyl (C=O) groups is 2. The third kappa shape index (κ3) is 8.31. The lowest BCUT2D eigenvalue weighted by molar-refractivity contribution is -0.149. The molecule has 1 aliphatic rings. The number of hydrogen-bond acceptors (Lipinski definition) is 6. The molecule has 0 aromatic heterocycles. The molecule has 0 radical (unpaired) electrons. The largest absolute Gasteiger partial charge is 0.462 e. The summed E-state index contributed by atoms with van der Waals surface area (Å²) in [6.07, 6.45) is 0.754. The Labute approximate surface area is 132 Å². The van der Waals surface area contributed by atoms with Gasteiger partial charge in [-0.3, -0.25) is 19.4 Å². The maximum Gasteiger partial charge on any atom is 0.320 e. The summed E-state index contributed by atoms with van der Waals surface area (Å²) in [6.45, 7) is 8.89. The zero-order valence-corrected chi connectivity index (χ0v) is 14.0. The average molecular weight is 315 g/mol. The second kappa shape index (κ2) is 10.5. The molecule has 0 spiro atoms. The van der Waals surface area contributed by atoms with E-state index in [1.165, 1.54) is 0 Å². The first-order valence-electron chi connectivity index (χ1n) is 7.91. The molecule has 0 aromatic carbocycles. The van der Waals surface area contributed by atoms with E-state index in [-0.39, 0.29) is 18.0 Å². The molecule has 1 aliphatic heterocycles. The molecule has 0 atom stereocenters. The van der Waals surface area contributed by atoms with Crippen LogP contribution in [-0.4, -0.2) is 87.3 Å². The predicted octanol–water partition coefficient (Wildman–Crippen LogP) is -0.292. The number of methoxy groups -OCH3 is 1. The number of carbonyl (C=O) groups excluding carboxylic acids is 2. The molecule has 0 unspecified atom stereocenters. The van der Waals surface area contributed by atoms with Crippen molar-refractivity contribution in [3.63, 3.8) is 0 Å². The van der Waals surface area contributed by atoms with Crippen molar-refractivity contribution in [1.29, 1.82) is 0 Å². The summed E-state index contributed by atoms with van der Waals surface area (Å²) in [7, 11) is 1.65. The molecule has 0 aromatic rings. The fourth-order valence-corrected chi connectivity index (χ4v) is 2.29. The highest BCUT2D eigenvalue weighted by atomic mass is 16.5. The van der Waals surface area contributed by atoms with Gasteiger partial charge in [-0.15, -0.1) is 0 Å². The standard InChI is InChI=1S/C15H29N3O4/c1-13(2)22-15(20)12-18-8-6-17(7-9-18)11-14(19)16-5-4-10-21-3/h13H,4-12H2,1-3H3,(H,16,19). The van der Waals surface area contributed by atoms with Crippen LogP contribution in [-0.2, 0) is 19.1 Å². The SMILES string of the molecule is COCCCNC(=O)CN1CCN(CC(=O)OC(C)C)CC1. The Morgan fingerprint density at radius 2 is 1.68 bits per heavy atom. The van der Waals surface area contributed by atoms with Crippen LogP contribution in [0.5, 0.6) is 0 Å². The second-order valence-electron chi connectivity index (χ2n) is 5.79. The van der Waals surface area contributed by atoms with Gasteiger partial charge < -0.3 is 14.8 Å². The van der Waals surface area contributed by atoms with Crippen molar-refractivity contribution in [3.8, 4) is 0 Å². The van der Waals surface area contributed by atoms with E-state index in [2.05, 4.69) is 15.1 Å². The summed E-state index contributed by atoms with van der Waals surface area (Å²) < 4.78 is 10.1. The summed E-state index contributed by atoms with van der Waals surface area (Å²) in [4.78, 5) is 27.5. The fraction of sp³-hybridized carbons (Fsp3) is 0.867. The van der Waals surface area contributed by atoms with Crippen molar-refractivity contribution in [2.24, 2.45) is 0 Å². The Kier molecular flexibility index (Phi) is 9.03. The molecule has 1 saturated heterocycles. The Balaban J connectivity index is 2.14. The van der Waals surface area contributed by atoms with Gasteiger partial charge >= 0.3 is 5.97 Å². The lowest BCUT2D eigenvalue weighted by atomic mass is 10.3. The van der Waals surface area contributed by atoms with E-state index in [1.54, 1.807) is 7.11 Å². The smallest absolute Gasteiger partial charge is 0.320 e. The Morgan fingerprint density at radius 3 is 2.23 bits per heavy atom. The number of amides is 1. The van der Waals surface area contributed by atoms with Gasteiger partial charge in [0.25, 0.3) is 0 Å². The summed E-state index contributed by atoms with van der Waals surface area (Å²) in [5, 5.41) is 2.88. The zero-order valence-electron chi connectivity index (χ0n) is 14.0. The van der Waals surface area contributed by atoms with Crippen LogP contribution in [0, 0.1) is 0 Å². The van der Waals surface area contributed by atoms with Gasteiger partial charge in [0.15, 0.2) is 0 Å². The summed E-state index contributed by atoms with van der Waals surface area (Å²) in [6, 6.07) is 0. The minimum absolute atomic E-state index is 0.0452. The van der Waals surface area contributed by atoms with E-state index in [0.717, 1.165) is 32.6 Å². The highest BCUT2D eigenvalue weighted by Crippen LogP contribution is 2.02. The first-order valence-corrected chi connectivity index (χ1v) is 7.91. The van der Waals surface area contributed by atoms with E-state index in [4.69, 9.17) is 9.47 Å². The van der Waals surface area contributed by atoms with Gasteiger partial charge in [0, 0.05) is 46.4 Å². The topological polar surface area (TPSA) is 71.1 Å². The molecule has 1 amide bonds. The third-order valence-electron chi connectivity index (χ3n) is 3.40. The number of rotatable bonds is 9. The maximum atomic E-state index is 11.8. The van der Waals surface area contributed by atoms with Crippen LogP contribution in [0.2, 0.25) is 0 Å². The quantitative estimate of drug-likeness (QED) is 0.466. The van der Waals surface area contributed by atoms with Crippen molar-refractivity contribution in [1.82, 2.24) is 15.1 Å². The number of nitrogens with zero attached hydrogens (tertiary/aromatic N) is 2. The first-order chi connectivity index (χ1) is 10.5. The fourth-order valence-electron chi connectivity index (χ4n) is 2.29. The summed E-state index contributed by atoms with van der Waals surface area (Å²) in [5.74, 6) is -0.136. The van der Waals surface area contributed by atoms with Crippen molar-refractivity contribution in [2.45, 2.75) is 26.4 Å². The van der Waals surface area contributed by atoms with Gasteiger partial charge in [-0.2, -0.15) is 0 Å². The number of nitrogens with one attached hydrogen (secondary N) is 1. The lowest BCUT2D eigenvalue weighted by Crippen LogP contribution is -2.50. The van der Waals surface area contributed by atoms with E-state index >= 15 is 0 Å². The molecular formula is C15H29N3O4. The van der Waals surface area contributed by atoms with Crippen LogP contribution in [0.4, 0.5) is 0 Å². The molecule has 1 rings (SSSR count). The molecule has 1 heterocycles. The van der Waals surface area contributed by atoms with E-state index in [9.17, 15) is 9.59 Å². The molecule has 22 heavy (non-hydrogen) atoms. The average Bonchev–Trinajstić information content (AvgIpc) is 2.45. The Bertz CT molecular complexity index is 342. The minimum atomic E-state index is -0.181. The molecule has 0 aliphatic carbocycles. The van der Waals surface area contributed by atoms with Crippen LogP contribution in [0.25, 0.3) is 0 Å². The second-order valence-corrected chi connectivity index (χ2v) is 5.79. The molecule has 7 heteroatoms. The molecule has 0 bridgehead atoms. The normalized spacial score (nSPS) is 16.7. The van der Waals surface area contributed by atoms with Crippen LogP contribution in [0.1, 0.15) is 20.3 Å². The van der Waals surface area contributed by atoms with Crippen LogP contribution >= 0.6 is 0 Å². The molecule has 1 N–H and O–H groups in total. The van der Waals surface area contributed by atoms with Gasteiger partial charge in [-0.25, -0.2) is 0 Å². The predicted molar refractivity (Wildman–Crippen MR) is 83.6 cm³/mol. The van der Waals surface area contributed by atoms with Crippen LogP contribution in [0.3, 0.4) is 0 Å². The van der Waals surface area contributed by atoms with E-state index in [0.29, 0.717) is 26.2 Å². The van der Waals surface area contributed by atoms with Gasteiger partial charge in [-0.1, -0.05) is 0 Å². The summed E-state index contributed by atoms with van der Waals surface area (Å²) in [5.41, 5.74) is 0. The number of piperazine rings is 1. The zero-order chi connectivity index (χ0) is 16.4. The Hall–Kier alpha value is -1.18. The van der Waals surface area contributed by atoms with Gasteiger partial charge in [0.05, 0.1) is 19.2 Å². The lowest BCUT2D eigenvalue weighted by Gasteiger charge is -2.33. The summed E-state index contributed by atoms with van der Waals surface area (Å²) >= 11 is 0. The highest BCUT2D eigenvalue weighted by molar-refractivity contribution is 5.78. The molecular weight excluding hydrogens is 286 g/mol. The molecule has 0 saturated carbocycles. The number of ether oxygens (including phenoxy) is 2. The number of esters is 1. The van der Waals surface area contributed by atoms with Gasteiger partial charge in [0.1, 0.15) is 0 Å². The van der Waals surface area contributed by atoms with Crippen molar-refractivity contribution >= 4 is 11.9 Å².